The molecule has 1 aromatic rings. The average Bonchev–Trinajstić information content (AvgIpc) is 2.62. The molecule has 0 unspecified atom stereocenters. The van der Waals surface area contributed by atoms with E-state index in [4.69, 9.17) is 0 Å². The first kappa shape index (κ1) is 14.6. The Bertz CT molecular complexity index is 496. The number of thiophene rings is 1. The topological polar surface area (TPSA) is 75.3 Å². The zero-order valence-corrected chi connectivity index (χ0v) is 12.6. The molecule has 0 aliphatic rings. The molecule has 96 valence electrons. The minimum Gasteiger partial charge on any atom is -0.353 e. The molecule has 2 N–H and O–H groups in total. The summed E-state index contributed by atoms with van der Waals surface area (Å²) in [4.78, 5) is 11.3. The normalized spacial score (nSPS) is 11.8. The third kappa shape index (κ3) is 4.74. The lowest BCUT2D eigenvalue weighted by molar-refractivity contribution is -0.120. The van der Waals surface area contributed by atoms with Crippen molar-refractivity contribution in [3.63, 3.8) is 0 Å². The summed E-state index contributed by atoms with van der Waals surface area (Å²) in [5, 5.41) is 2.60. The summed E-state index contributed by atoms with van der Waals surface area (Å²) in [6.45, 7) is 3.36. The number of amides is 1. The van der Waals surface area contributed by atoms with E-state index < -0.39 is 10.0 Å². The van der Waals surface area contributed by atoms with Crippen molar-refractivity contribution in [3.05, 3.63) is 15.9 Å². The SMILES string of the molecule is CC(C)NC(=O)CNS(=O)(=O)c1ccc(Br)s1. The van der Waals surface area contributed by atoms with Crippen molar-refractivity contribution >= 4 is 43.2 Å². The second-order valence-corrected chi connectivity index (χ2v) is 8.06. The van der Waals surface area contributed by atoms with Gasteiger partial charge in [0, 0.05) is 6.04 Å². The number of nitrogens with one attached hydrogen (secondary N) is 2. The summed E-state index contributed by atoms with van der Waals surface area (Å²) in [7, 11) is -3.59. The Morgan fingerprint density at radius 2 is 2.12 bits per heavy atom. The smallest absolute Gasteiger partial charge is 0.250 e. The maximum absolute atomic E-state index is 11.7. The molecule has 0 saturated heterocycles. The molecular formula is C9H13BrN2O3S2. The van der Waals surface area contributed by atoms with Crippen LogP contribution in [-0.2, 0) is 14.8 Å². The van der Waals surface area contributed by atoms with E-state index in [-0.39, 0.29) is 22.7 Å². The van der Waals surface area contributed by atoms with Crippen molar-refractivity contribution in [2.24, 2.45) is 0 Å². The van der Waals surface area contributed by atoms with Crippen LogP contribution in [0.5, 0.6) is 0 Å². The molecule has 0 aromatic carbocycles. The fourth-order valence-corrected chi connectivity index (χ4v) is 4.08. The lowest BCUT2D eigenvalue weighted by Gasteiger charge is -2.08. The van der Waals surface area contributed by atoms with Crippen molar-refractivity contribution in [2.75, 3.05) is 6.54 Å². The first-order chi connectivity index (χ1) is 7.81. The highest BCUT2D eigenvalue weighted by molar-refractivity contribution is 9.11. The Labute approximate surface area is 113 Å². The van der Waals surface area contributed by atoms with Crippen molar-refractivity contribution < 1.29 is 13.2 Å². The van der Waals surface area contributed by atoms with Crippen LogP contribution in [0.1, 0.15) is 13.8 Å². The number of hydrogen-bond donors (Lipinski definition) is 2. The second kappa shape index (κ2) is 5.94. The van der Waals surface area contributed by atoms with Gasteiger partial charge in [-0.15, -0.1) is 11.3 Å². The molecule has 0 bridgehead atoms. The van der Waals surface area contributed by atoms with Crippen molar-refractivity contribution in [3.8, 4) is 0 Å². The van der Waals surface area contributed by atoms with Crippen LogP contribution in [0.15, 0.2) is 20.1 Å². The molecule has 0 radical (unpaired) electrons. The Hall–Kier alpha value is -0.440. The van der Waals surface area contributed by atoms with Crippen LogP contribution in [0.3, 0.4) is 0 Å². The zero-order valence-electron chi connectivity index (χ0n) is 9.36. The number of carbonyl (C=O) groups is 1. The van der Waals surface area contributed by atoms with Gasteiger partial charge in [-0.1, -0.05) is 0 Å². The summed E-state index contributed by atoms with van der Waals surface area (Å²) in [5.74, 6) is -0.348. The van der Waals surface area contributed by atoms with Crippen LogP contribution in [0.25, 0.3) is 0 Å². The van der Waals surface area contributed by atoms with E-state index in [0.717, 1.165) is 15.1 Å². The molecule has 0 aliphatic carbocycles. The minimum absolute atomic E-state index is 0.0112. The lowest BCUT2D eigenvalue weighted by atomic mass is 10.4. The maximum Gasteiger partial charge on any atom is 0.250 e. The molecule has 1 aromatic heterocycles. The van der Waals surface area contributed by atoms with Crippen LogP contribution in [0, 0.1) is 0 Å². The van der Waals surface area contributed by atoms with Gasteiger partial charge in [-0.2, -0.15) is 0 Å². The van der Waals surface area contributed by atoms with Gasteiger partial charge >= 0.3 is 0 Å². The molecule has 0 spiro atoms. The number of halogens is 1. The predicted molar refractivity (Wildman–Crippen MR) is 70.5 cm³/mol. The van der Waals surface area contributed by atoms with Gasteiger partial charge in [0.15, 0.2) is 0 Å². The molecule has 17 heavy (non-hydrogen) atoms. The first-order valence-corrected chi connectivity index (χ1v) is 7.95. The highest BCUT2D eigenvalue weighted by Gasteiger charge is 2.17. The van der Waals surface area contributed by atoms with Crippen molar-refractivity contribution in [1.82, 2.24) is 10.0 Å². The second-order valence-electron chi connectivity index (χ2n) is 3.61. The molecule has 0 fully saturated rings. The number of rotatable bonds is 5. The third-order valence-corrected chi connectivity index (χ3v) is 5.20. The van der Waals surface area contributed by atoms with Crippen LogP contribution in [0.4, 0.5) is 0 Å². The Balaban J connectivity index is 2.60. The van der Waals surface area contributed by atoms with E-state index >= 15 is 0 Å². The average molecular weight is 341 g/mol. The highest BCUT2D eigenvalue weighted by Crippen LogP contribution is 2.25. The van der Waals surface area contributed by atoms with Crippen molar-refractivity contribution in [2.45, 2.75) is 24.1 Å². The van der Waals surface area contributed by atoms with E-state index in [2.05, 4.69) is 26.0 Å². The van der Waals surface area contributed by atoms with Gasteiger partial charge in [0.05, 0.1) is 10.3 Å². The first-order valence-electron chi connectivity index (χ1n) is 4.85. The summed E-state index contributed by atoms with van der Waals surface area (Å²) >= 11 is 4.28. The number of carbonyl (C=O) groups excluding carboxylic acids is 1. The van der Waals surface area contributed by atoms with Gasteiger partial charge in [0.1, 0.15) is 4.21 Å². The van der Waals surface area contributed by atoms with Gasteiger partial charge in [0.25, 0.3) is 10.0 Å². The highest BCUT2D eigenvalue weighted by atomic mass is 79.9. The maximum atomic E-state index is 11.7. The summed E-state index contributed by atoms with van der Waals surface area (Å²) in [6.07, 6.45) is 0. The van der Waals surface area contributed by atoms with E-state index in [0.29, 0.717) is 0 Å². The number of hydrogen-bond acceptors (Lipinski definition) is 4. The van der Waals surface area contributed by atoms with Gasteiger partial charge in [-0.25, -0.2) is 13.1 Å². The Morgan fingerprint density at radius 1 is 1.47 bits per heavy atom. The molecule has 1 rings (SSSR count). The zero-order chi connectivity index (χ0) is 13.1. The van der Waals surface area contributed by atoms with Crippen LogP contribution in [-0.4, -0.2) is 26.9 Å². The summed E-state index contributed by atoms with van der Waals surface area (Å²) < 4.78 is 26.6. The fourth-order valence-electron chi connectivity index (χ4n) is 1.05. The molecule has 0 aliphatic heterocycles. The van der Waals surface area contributed by atoms with E-state index in [1.807, 2.05) is 13.8 Å². The molecule has 0 atom stereocenters. The van der Waals surface area contributed by atoms with Crippen molar-refractivity contribution in [1.29, 1.82) is 0 Å². The minimum atomic E-state index is -3.59. The molecule has 5 nitrogen and oxygen atoms in total. The summed E-state index contributed by atoms with van der Waals surface area (Å²) in [5.41, 5.74) is 0. The Morgan fingerprint density at radius 3 is 2.59 bits per heavy atom. The van der Waals surface area contributed by atoms with Gasteiger partial charge in [-0.05, 0) is 41.9 Å². The van der Waals surface area contributed by atoms with E-state index in [1.165, 1.54) is 6.07 Å². The molecule has 1 heterocycles. The molecular weight excluding hydrogens is 328 g/mol. The molecule has 0 saturated carbocycles. The quantitative estimate of drug-likeness (QED) is 0.848. The van der Waals surface area contributed by atoms with E-state index in [1.54, 1.807) is 6.07 Å². The fraction of sp³-hybridized carbons (Fsp3) is 0.444. The lowest BCUT2D eigenvalue weighted by Crippen LogP contribution is -2.39. The van der Waals surface area contributed by atoms with Crippen LogP contribution >= 0.6 is 27.3 Å². The van der Waals surface area contributed by atoms with Gasteiger partial charge < -0.3 is 5.32 Å². The predicted octanol–water partition coefficient (Wildman–Crippen LogP) is 1.31. The summed E-state index contributed by atoms with van der Waals surface area (Å²) in [6, 6.07) is 3.12. The van der Waals surface area contributed by atoms with E-state index in [9.17, 15) is 13.2 Å². The largest absolute Gasteiger partial charge is 0.353 e. The standard InChI is InChI=1S/C9H13BrN2O3S2/c1-6(2)12-8(13)5-11-17(14,15)9-4-3-7(10)16-9/h3-4,6,11H,5H2,1-2H3,(H,12,13). The third-order valence-electron chi connectivity index (χ3n) is 1.69. The van der Waals surface area contributed by atoms with Gasteiger partial charge in [0.2, 0.25) is 5.91 Å². The van der Waals surface area contributed by atoms with Gasteiger partial charge in [-0.3, -0.25) is 4.79 Å². The molecule has 8 heteroatoms. The number of sulfonamides is 1. The van der Waals surface area contributed by atoms with Crippen LogP contribution in [0.2, 0.25) is 0 Å². The monoisotopic (exact) mass is 340 g/mol. The Kier molecular flexibility index (Phi) is 5.11. The molecule has 1 amide bonds. The van der Waals surface area contributed by atoms with Crippen LogP contribution < -0.4 is 10.0 Å².